The summed E-state index contributed by atoms with van der Waals surface area (Å²) in [5.74, 6) is -1.69. The van der Waals surface area contributed by atoms with Crippen molar-refractivity contribution in [3.05, 3.63) is 64.9 Å². The molecule has 0 spiro atoms. The number of hydrogen-bond acceptors (Lipinski definition) is 3. The lowest BCUT2D eigenvalue weighted by molar-refractivity contribution is -0.120. The van der Waals surface area contributed by atoms with Crippen LogP contribution in [0.3, 0.4) is 0 Å². The maximum absolute atomic E-state index is 13.5. The van der Waals surface area contributed by atoms with Crippen LogP contribution in [0.2, 0.25) is 5.02 Å². The van der Waals surface area contributed by atoms with Crippen LogP contribution in [0.15, 0.2) is 53.4 Å². The molecule has 122 valence electrons. The Balaban J connectivity index is 1.90. The van der Waals surface area contributed by atoms with E-state index in [0.29, 0.717) is 5.02 Å². The van der Waals surface area contributed by atoms with E-state index in [9.17, 15) is 17.6 Å². The van der Waals surface area contributed by atoms with Crippen molar-refractivity contribution in [3.8, 4) is 0 Å². The Labute approximate surface area is 139 Å². The summed E-state index contributed by atoms with van der Waals surface area (Å²) in [5, 5.41) is 3.16. The second kappa shape index (κ2) is 7.57. The summed E-state index contributed by atoms with van der Waals surface area (Å²) >= 11 is 5.84. The molecule has 1 N–H and O–H groups in total. The second-order valence-corrected chi connectivity index (χ2v) is 7.42. The molecule has 23 heavy (non-hydrogen) atoms. The fourth-order valence-corrected chi connectivity index (χ4v) is 3.51. The SMILES string of the molecule is O=C(CCS(=O)(=O)c1ccccc1F)NCc1cccc(Cl)c1. The highest BCUT2D eigenvalue weighted by Gasteiger charge is 2.19. The normalized spacial score (nSPS) is 11.2. The summed E-state index contributed by atoms with van der Waals surface area (Å²) in [5.41, 5.74) is 0.808. The molecule has 0 bridgehead atoms. The van der Waals surface area contributed by atoms with Gasteiger partial charge in [0.2, 0.25) is 5.91 Å². The fourth-order valence-electron chi connectivity index (χ4n) is 1.97. The van der Waals surface area contributed by atoms with Crippen LogP contribution in [0.4, 0.5) is 4.39 Å². The molecule has 0 unspecified atom stereocenters. The van der Waals surface area contributed by atoms with Gasteiger partial charge in [0.25, 0.3) is 0 Å². The van der Waals surface area contributed by atoms with Crippen LogP contribution >= 0.6 is 11.6 Å². The zero-order valence-corrected chi connectivity index (χ0v) is 13.7. The quantitative estimate of drug-likeness (QED) is 0.866. The molecule has 0 aromatic heterocycles. The van der Waals surface area contributed by atoms with Gasteiger partial charge in [-0.15, -0.1) is 0 Å². The van der Waals surface area contributed by atoms with Crippen LogP contribution in [0.1, 0.15) is 12.0 Å². The Morgan fingerprint density at radius 1 is 1.13 bits per heavy atom. The van der Waals surface area contributed by atoms with Crippen LogP contribution in [-0.4, -0.2) is 20.1 Å². The van der Waals surface area contributed by atoms with Crippen molar-refractivity contribution >= 4 is 27.3 Å². The summed E-state index contributed by atoms with van der Waals surface area (Å²) in [7, 11) is -3.83. The molecule has 0 radical (unpaired) electrons. The Hall–Kier alpha value is -1.92. The van der Waals surface area contributed by atoms with E-state index in [1.165, 1.54) is 18.2 Å². The summed E-state index contributed by atoms with van der Waals surface area (Å²) in [6.07, 6.45) is -0.239. The number of sulfone groups is 1. The number of carbonyl (C=O) groups excluding carboxylic acids is 1. The number of halogens is 2. The predicted molar refractivity (Wildman–Crippen MR) is 86.4 cm³/mol. The zero-order chi connectivity index (χ0) is 16.9. The molecular formula is C16H15ClFNO3S. The maximum atomic E-state index is 13.5. The van der Waals surface area contributed by atoms with Crippen LogP contribution in [0.25, 0.3) is 0 Å². The molecule has 4 nitrogen and oxygen atoms in total. The van der Waals surface area contributed by atoms with Crippen LogP contribution in [0, 0.1) is 5.82 Å². The minimum Gasteiger partial charge on any atom is -0.352 e. The van der Waals surface area contributed by atoms with E-state index in [1.54, 1.807) is 24.3 Å². The molecule has 2 aromatic rings. The molecule has 7 heteroatoms. The lowest BCUT2D eigenvalue weighted by Crippen LogP contribution is -2.25. The minimum atomic E-state index is -3.83. The van der Waals surface area contributed by atoms with Gasteiger partial charge >= 0.3 is 0 Å². The number of benzene rings is 2. The van der Waals surface area contributed by atoms with E-state index in [1.807, 2.05) is 0 Å². The van der Waals surface area contributed by atoms with Gasteiger partial charge in [0.15, 0.2) is 9.84 Å². The molecule has 0 heterocycles. The van der Waals surface area contributed by atoms with Gasteiger partial charge in [0, 0.05) is 18.0 Å². The molecule has 0 aliphatic rings. The molecule has 0 aliphatic carbocycles. The van der Waals surface area contributed by atoms with E-state index in [0.717, 1.165) is 11.6 Å². The molecule has 0 saturated heterocycles. The number of amides is 1. The van der Waals surface area contributed by atoms with Gasteiger partial charge in [-0.3, -0.25) is 4.79 Å². The summed E-state index contributed by atoms with van der Waals surface area (Å²) in [6.45, 7) is 0.249. The molecule has 0 atom stereocenters. The van der Waals surface area contributed by atoms with Gasteiger partial charge in [0.05, 0.1) is 5.75 Å². The molecule has 1 amide bonds. The standard InChI is InChI=1S/C16H15ClFNO3S/c17-13-5-3-4-12(10-13)11-19-16(20)8-9-23(21,22)15-7-2-1-6-14(15)18/h1-7,10H,8-9,11H2,(H,19,20). The third kappa shape index (κ3) is 5.04. The van der Waals surface area contributed by atoms with E-state index in [2.05, 4.69) is 5.32 Å². The van der Waals surface area contributed by atoms with Crippen LogP contribution in [-0.2, 0) is 21.2 Å². The van der Waals surface area contributed by atoms with Crippen molar-refractivity contribution < 1.29 is 17.6 Å². The highest BCUT2D eigenvalue weighted by molar-refractivity contribution is 7.91. The van der Waals surface area contributed by atoms with Crippen molar-refractivity contribution in [2.45, 2.75) is 17.9 Å². The Bertz CT molecular complexity index is 808. The Morgan fingerprint density at radius 3 is 2.57 bits per heavy atom. The summed E-state index contributed by atoms with van der Waals surface area (Å²) in [6, 6.07) is 12.1. The summed E-state index contributed by atoms with van der Waals surface area (Å²) in [4.78, 5) is 11.4. The molecule has 2 aromatic carbocycles. The van der Waals surface area contributed by atoms with Crippen molar-refractivity contribution in [2.24, 2.45) is 0 Å². The first-order valence-electron chi connectivity index (χ1n) is 6.87. The van der Waals surface area contributed by atoms with E-state index in [-0.39, 0.29) is 17.9 Å². The lowest BCUT2D eigenvalue weighted by atomic mass is 10.2. The Kier molecular flexibility index (Phi) is 5.74. The minimum absolute atomic E-state index is 0.239. The third-order valence-corrected chi connectivity index (χ3v) is 5.13. The van der Waals surface area contributed by atoms with Crippen LogP contribution < -0.4 is 5.32 Å². The first-order valence-corrected chi connectivity index (χ1v) is 8.90. The summed E-state index contributed by atoms with van der Waals surface area (Å²) < 4.78 is 37.6. The average Bonchev–Trinajstić information content (AvgIpc) is 2.51. The topological polar surface area (TPSA) is 63.2 Å². The van der Waals surface area contributed by atoms with Gasteiger partial charge in [-0.1, -0.05) is 35.9 Å². The Morgan fingerprint density at radius 2 is 1.87 bits per heavy atom. The van der Waals surface area contributed by atoms with Crippen molar-refractivity contribution in [2.75, 3.05) is 5.75 Å². The fraction of sp³-hybridized carbons (Fsp3) is 0.188. The number of nitrogens with one attached hydrogen (secondary N) is 1. The third-order valence-electron chi connectivity index (χ3n) is 3.15. The van der Waals surface area contributed by atoms with Gasteiger partial charge in [-0.2, -0.15) is 0 Å². The lowest BCUT2D eigenvalue weighted by Gasteiger charge is -2.07. The van der Waals surface area contributed by atoms with Gasteiger partial charge in [0.1, 0.15) is 10.7 Å². The van der Waals surface area contributed by atoms with Crippen LogP contribution in [0.5, 0.6) is 0 Å². The molecule has 2 rings (SSSR count). The predicted octanol–water partition coefficient (Wildman–Crippen LogP) is 2.96. The van der Waals surface area contributed by atoms with Crippen molar-refractivity contribution in [3.63, 3.8) is 0 Å². The second-order valence-electron chi connectivity index (χ2n) is 4.91. The van der Waals surface area contributed by atoms with E-state index in [4.69, 9.17) is 11.6 Å². The van der Waals surface area contributed by atoms with Gasteiger partial charge < -0.3 is 5.32 Å². The number of rotatable bonds is 6. The first kappa shape index (κ1) is 17.4. The number of hydrogen-bond donors (Lipinski definition) is 1. The largest absolute Gasteiger partial charge is 0.352 e. The zero-order valence-electron chi connectivity index (χ0n) is 12.1. The van der Waals surface area contributed by atoms with E-state index >= 15 is 0 Å². The van der Waals surface area contributed by atoms with Gasteiger partial charge in [-0.25, -0.2) is 12.8 Å². The average molecular weight is 356 g/mol. The molecule has 0 aliphatic heterocycles. The molecule has 0 saturated carbocycles. The monoisotopic (exact) mass is 355 g/mol. The van der Waals surface area contributed by atoms with Crippen molar-refractivity contribution in [1.82, 2.24) is 5.32 Å². The first-order chi connectivity index (χ1) is 10.9. The highest BCUT2D eigenvalue weighted by atomic mass is 35.5. The molecular weight excluding hydrogens is 341 g/mol. The van der Waals surface area contributed by atoms with Gasteiger partial charge in [-0.05, 0) is 29.8 Å². The smallest absolute Gasteiger partial charge is 0.221 e. The number of carbonyl (C=O) groups is 1. The van der Waals surface area contributed by atoms with Crippen molar-refractivity contribution in [1.29, 1.82) is 0 Å². The van der Waals surface area contributed by atoms with E-state index < -0.39 is 27.3 Å². The maximum Gasteiger partial charge on any atom is 0.221 e. The molecule has 0 fully saturated rings. The highest BCUT2D eigenvalue weighted by Crippen LogP contribution is 2.16.